The van der Waals surface area contributed by atoms with Crippen molar-refractivity contribution in [1.82, 2.24) is 20.1 Å². The van der Waals surface area contributed by atoms with Crippen LogP contribution in [0, 0.1) is 0 Å². The molecule has 7 heteroatoms. The van der Waals surface area contributed by atoms with E-state index in [1.165, 1.54) is 11.3 Å². The zero-order valence-electron chi connectivity index (χ0n) is 10.4. The molecule has 1 saturated heterocycles. The van der Waals surface area contributed by atoms with Crippen molar-refractivity contribution in [2.75, 3.05) is 33.7 Å². The molecule has 1 fully saturated rings. The van der Waals surface area contributed by atoms with E-state index in [0.29, 0.717) is 18.0 Å². The summed E-state index contributed by atoms with van der Waals surface area (Å²) >= 11 is 1.30. The largest absolute Gasteiger partial charge is 0.357 e. The summed E-state index contributed by atoms with van der Waals surface area (Å²) < 4.78 is 0. The molecule has 98 valence electrons. The average Bonchev–Trinajstić information content (AvgIpc) is 2.90. The van der Waals surface area contributed by atoms with Crippen molar-refractivity contribution in [3.63, 3.8) is 0 Å². The highest BCUT2D eigenvalue weighted by Crippen LogP contribution is 2.16. The van der Waals surface area contributed by atoms with Gasteiger partial charge in [-0.05, 0) is 7.05 Å². The summed E-state index contributed by atoms with van der Waals surface area (Å²) in [7, 11) is 3.54. The fourth-order valence-electron chi connectivity index (χ4n) is 2.02. The monoisotopic (exact) mass is 268 g/mol. The van der Waals surface area contributed by atoms with Gasteiger partial charge in [-0.25, -0.2) is 0 Å². The zero-order valence-corrected chi connectivity index (χ0v) is 11.2. The van der Waals surface area contributed by atoms with Crippen LogP contribution in [0.15, 0.2) is 11.7 Å². The van der Waals surface area contributed by atoms with Gasteiger partial charge in [0.05, 0.1) is 11.7 Å². The van der Waals surface area contributed by atoms with Gasteiger partial charge in [0.1, 0.15) is 10.9 Å². The van der Waals surface area contributed by atoms with Crippen LogP contribution in [0.25, 0.3) is 0 Å². The molecule has 2 heterocycles. The Morgan fingerprint density at radius 1 is 1.50 bits per heavy atom. The molecule has 6 nitrogen and oxygen atoms in total. The highest BCUT2D eigenvalue weighted by molar-refractivity contribution is 7.11. The van der Waals surface area contributed by atoms with Gasteiger partial charge in [0.2, 0.25) is 5.91 Å². The van der Waals surface area contributed by atoms with Crippen LogP contribution in [-0.4, -0.2) is 66.4 Å². The Morgan fingerprint density at radius 3 is 2.89 bits per heavy atom. The second kappa shape index (κ2) is 5.45. The lowest BCUT2D eigenvalue weighted by atomic mass is 10.1. The summed E-state index contributed by atoms with van der Waals surface area (Å²) in [6.45, 7) is 1.90. The number of aromatic nitrogens is 1. The first kappa shape index (κ1) is 13.0. The van der Waals surface area contributed by atoms with E-state index in [1.807, 2.05) is 7.05 Å². The molecule has 0 saturated carbocycles. The minimum atomic E-state index is -0.427. The summed E-state index contributed by atoms with van der Waals surface area (Å²) in [5, 5.41) is 2.61. The van der Waals surface area contributed by atoms with Gasteiger partial charge >= 0.3 is 0 Å². The summed E-state index contributed by atoms with van der Waals surface area (Å²) in [5.41, 5.74) is 1.62. The summed E-state index contributed by atoms with van der Waals surface area (Å²) in [5.74, 6) is -0.237. The van der Waals surface area contributed by atoms with Crippen LogP contribution in [0.3, 0.4) is 0 Å². The number of amides is 2. The summed E-state index contributed by atoms with van der Waals surface area (Å²) in [4.78, 5) is 32.3. The Hall–Kier alpha value is -1.47. The third kappa shape index (κ3) is 2.51. The number of carbonyl (C=O) groups is 2. The first-order valence-corrected chi connectivity index (χ1v) is 6.61. The van der Waals surface area contributed by atoms with Gasteiger partial charge in [0.15, 0.2) is 0 Å². The van der Waals surface area contributed by atoms with Crippen molar-refractivity contribution >= 4 is 23.2 Å². The predicted molar refractivity (Wildman–Crippen MR) is 68.5 cm³/mol. The van der Waals surface area contributed by atoms with Crippen LogP contribution in [-0.2, 0) is 4.79 Å². The van der Waals surface area contributed by atoms with Gasteiger partial charge in [-0.3, -0.25) is 14.6 Å². The van der Waals surface area contributed by atoms with Crippen molar-refractivity contribution in [2.45, 2.75) is 6.04 Å². The van der Waals surface area contributed by atoms with E-state index in [0.717, 1.165) is 6.54 Å². The lowest BCUT2D eigenvalue weighted by Gasteiger charge is -2.38. The minimum Gasteiger partial charge on any atom is -0.357 e. The van der Waals surface area contributed by atoms with Crippen molar-refractivity contribution in [1.29, 1.82) is 0 Å². The lowest BCUT2D eigenvalue weighted by Crippen LogP contribution is -2.59. The average molecular weight is 268 g/mol. The molecule has 0 radical (unpaired) electrons. The second-order valence-corrected chi connectivity index (χ2v) is 5.14. The molecule has 1 aromatic rings. The van der Waals surface area contributed by atoms with E-state index in [2.05, 4.69) is 15.2 Å². The molecule has 1 atom stereocenters. The van der Waals surface area contributed by atoms with Gasteiger partial charge < -0.3 is 15.1 Å². The number of carbonyl (C=O) groups excluding carboxylic acids is 2. The Bertz CT molecular complexity index is 434. The molecule has 1 aliphatic heterocycles. The van der Waals surface area contributed by atoms with Crippen LogP contribution in [0.1, 0.15) is 9.67 Å². The number of nitrogens with zero attached hydrogens (tertiary/aromatic N) is 3. The number of hydrogen-bond acceptors (Lipinski definition) is 5. The zero-order chi connectivity index (χ0) is 13.1. The molecule has 1 aliphatic rings. The number of piperazine rings is 1. The van der Waals surface area contributed by atoms with E-state index in [9.17, 15) is 9.59 Å². The maximum Gasteiger partial charge on any atom is 0.266 e. The smallest absolute Gasteiger partial charge is 0.266 e. The topological polar surface area (TPSA) is 65.5 Å². The highest BCUT2D eigenvalue weighted by Gasteiger charge is 2.34. The number of thiazole rings is 1. The maximum atomic E-state index is 12.3. The van der Waals surface area contributed by atoms with E-state index in [-0.39, 0.29) is 11.8 Å². The number of nitrogens with one attached hydrogen (secondary N) is 1. The van der Waals surface area contributed by atoms with E-state index in [4.69, 9.17) is 0 Å². The molecule has 0 aliphatic carbocycles. The van der Waals surface area contributed by atoms with Crippen LogP contribution in [0.2, 0.25) is 0 Å². The molecule has 1 N–H and O–H groups in total. The van der Waals surface area contributed by atoms with Crippen molar-refractivity contribution < 1.29 is 9.59 Å². The Kier molecular flexibility index (Phi) is 3.93. The first-order valence-electron chi connectivity index (χ1n) is 5.73. The fourth-order valence-corrected chi connectivity index (χ4v) is 2.59. The number of hydrogen-bond donors (Lipinski definition) is 1. The Balaban J connectivity index is 2.18. The fraction of sp³-hybridized carbons (Fsp3) is 0.545. The maximum absolute atomic E-state index is 12.3. The van der Waals surface area contributed by atoms with Crippen LogP contribution in [0.4, 0.5) is 0 Å². The molecule has 2 amide bonds. The lowest BCUT2D eigenvalue weighted by molar-refractivity contribution is -0.126. The van der Waals surface area contributed by atoms with Crippen molar-refractivity contribution in [3.05, 3.63) is 16.6 Å². The second-order valence-electron chi connectivity index (χ2n) is 4.26. The van der Waals surface area contributed by atoms with E-state index in [1.54, 1.807) is 23.7 Å². The quantitative estimate of drug-likeness (QED) is 0.796. The first-order chi connectivity index (χ1) is 8.63. The van der Waals surface area contributed by atoms with Crippen LogP contribution < -0.4 is 5.32 Å². The number of likely N-dealkylation sites (N-methyl/N-ethyl adjacent to an activating group) is 2. The van der Waals surface area contributed by atoms with Gasteiger partial charge in [0.25, 0.3) is 5.91 Å². The standard InChI is InChI=1S/C11H16N4O2S/c1-12-10(16)8-6-14(2)3-4-15(8)11(17)9-5-13-7-18-9/h5,7-8H,3-4,6H2,1-2H3,(H,12,16). The summed E-state index contributed by atoms with van der Waals surface area (Å²) in [6.07, 6.45) is 1.55. The van der Waals surface area contributed by atoms with Crippen LogP contribution >= 0.6 is 11.3 Å². The molecule has 0 aromatic carbocycles. The van der Waals surface area contributed by atoms with Crippen molar-refractivity contribution in [2.24, 2.45) is 0 Å². The Labute approximate surface area is 110 Å². The van der Waals surface area contributed by atoms with E-state index >= 15 is 0 Å². The van der Waals surface area contributed by atoms with Crippen LogP contribution in [0.5, 0.6) is 0 Å². The third-order valence-corrected chi connectivity index (χ3v) is 3.80. The predicted octanol–water partition coefficient (Wildman–Crippen LogP) is -0.355. The SMILES string of the molecule is CNC(=O)C1CN(C)CCN1C(=O)c1cncs1. The molecule has 0 spiro atoms. The van der Waals surface area contributed by atoms with Crippen molar-refractivity contribution in [3.8, 4) is 0 Å². The third-order valence-electron chi connectivity index (χ3n) is 3.04. The number of rotatable bonds is 2. The molecule has 1 unspecified atom stereocenters. The highest BCUT2D eigenvalue weighted by atomic mass is 32.1. The molecule has 18 heavy (non-hydrogen) atoms. The molecular formula is C11H16N4O2S. The van der Waals surface area contributed by atoms with Gasteiger partial charge in [0, 0.05) is 26.7 Å². The summed E-state index contributed by atoms with van der Waals surface area (Å²) in [6, 6.07) is -0.427. The molecule has 1 aromatic heterocycles. The van der Waals surface area contributed by atoms with Gasteiger partial charge in [-0.2, -0.15) is 0 Å². The molecule has 2 rings (SSSR count). The minimum absolute atomic E-state index is 0.112. The van der Waals surface area contributed by atoms with Gasteiger partial charge in [-0.15, -0.1) is 11.3 Å². The van der Waals surface area contributed by atoms with E-state index < -0.39 is 6.04 Å². The molecule has 0 bridgehead atoms. The Morgan fingerprint density at radius 2 is 2.28 bits per heavy atom. The van der Waals surface area contributed by atoms with Gasteiger partial charge in [-0.1, -0.05) is 0 Å². The molecular weight excluding hydrogens is 252 g/mol. The normalized spacial score (nSPS) is 20.8.